The Bertz CT molecular complexity index is 521. The third-order valence-electron chi connectivity index (χ3n) is 2.46. The van der Waals surface area contributed by atoms with Crippen molar-refractivity contribution in [2.75, 3.05) is 5.73 Å². The lowest BCUT2D eigenvalue weighted by Crippen LogP contribution is -2.12. The first-order valence-electron chi connectivity index (χ1n) is 5.30. The van der Waals surface area contributed by atoms with E-state index in [1.54, 1.807) is 0 Å². The summed E-state index contributed by atoms with van der Waals surface area (Å²) >= 11 is 0. The Morgan fingerprint density at radius 3 is 2.56 bits per heavy atom. The molecule has 2 heterocycles. The highest BCUT2D eigenvalue weighted by molar-refractivity contribution is 5.85. The molecule has 2 N–H and O–H groups in total. The zero-order chi connectivity index (χ0) is 11.9. The highest BCUT2D eigenvalue weighted by atomic mass is 15.3. The number of hydrogen-bond acceptors (Lipinski definition) is 4. The predicted molar refractivity (Wildman–Crippen MR) is 63.9 cm³/mol. The highest BCUT2D eigenvalue weighted by Crippen LogP contribution is 2.26. The fourth-order valence-electron chi connectivity index (χ4n) is 1.77. The van der Waals surface area contributed by atoms with Gasteiger partial charge in [-0.3, -0.25) is 4.68 Å². The molecule has 2 aromatic rings. The summed E-state index contributed by atoms with van der Waals surface area (Å²) in [5.41, 5.74) is 8.64. The maximum atomic E-state index is 5.78. The largest absolute Gasteiger partial charge is 0.382 e. The summed E-state index contributed by atoms with van der Waals surface area (Å²) in [4.78, 5) is 8.22. The van der Waals surface area contributed by atoms with Crippen LogP contribution in [0.15, 0.2) is 6.33 Å². The Morgan fingerprint density at radius 1 is 1.25 bits per heavy atom. The topological polar surface area (TPSA) is 69.6 Å². The molecule has 0 fully saturated rings. The van der Waals surface area contributed by atoms with Crippen LogP contribution in [0.25, 0.3) is 11.0 Å². The number of aryl methyl sites for hydroxylation is 1. The molecule has 0 aromatic carbocycles. The monoisotopic (exact) mass is 219 g/mol. The van der Waals surface area contributed by atoms with Crippen molar-refractivity contribution < 1.29 is 0 Å². The quantitative estimate of drug-likeness (QED) is 0.789. The van der Waals surface area contributed by atoms with E-state index in [-0.39, 0.29) is 5.41 Å². The van der Waals surface area contributed by atoms with E-state index < -0.39 is 0 Å². The lowest BCUT2D eigenvalue weighted by Gasteiger charge is -2.17. The van der Waals surface area contributed by atoms with Gasteiger partial charge in [-0.1, -0.05) is 20.8 Å². The van der Waals surface area contributed by atoms with Crippen LogP contribution in [0.5, 0.6) is 0 Å². The SMILES string of the molecule is Cn1nc2c(N)ncnc2c1CC(C)(C)C. The summed E-state index contributed by atoms with van der Waals surface area (Å²) < 4.78 is 1.85. The van der Waals surface area contributed by atoms with Gasteiger partial charge in [0.1, 0.15) is 11.8 Å². The van der Waals surface area contributed by atoms with Gasteiger partial charge in [-0.05, 0) is 11.8 Å². The molecular formula is C11H17N5. The minimum absolute atomic E-state index is 0.195. The zero-order valence-corrected chi connectivity index (χ0v) is 10.2. The van der Waals surface area contributed by atoms with Crippen LogP contribution in [0.3, 0.4) is 0 Å². The van der Waals surface area contributed by atoms with Crippen molar-refractivity contribution in [2.45, 2.75) is 27.2 Å². The second kappa shape index (κ2) is 3.43. The van der Waals surface area contributed by atoms with E-state index in [4.69, 9.17) is 5.73 Å². The van der Waals surface area contributed by atoms with E-state index in [2.05, 4.69) is 35.8 Å². The van der Waals surface area contributed by atoms with Gasteiger partial charge in [0.25, 0.3) is 0 Å². The molecule has 0 spiro atoms. The molecular weight excluding hydrogens is 202 g/mol. The van der Waals surface area contributed by atoms with Crippen molar-refractivity contribution in [3.63, 3.8) is 0 Å². The number of rotatable bonds is 1. The summed E-state index contributed by atoms with van der Waals surface area (Å²) in [7, 11) is 1.92. The lowest BCUT2D eigenvalue weighted by molar-refractivity contribution is 0.399. The van der Waals surface area contributed by atoms with Crippen molar-refractivity contribution in [2.24, 2.45) is 12.5 Å². The standard InChI is InChI=1S/C11H17N5/c1-11(2,3)5-7-8-9(15-16(7)4)10(12)14-6-13-8/h6H,5H2,1-4H3,(H2,12,13,14). The van der Waals surface area contributed by atoms with Crippen LogP contribution in [0, 0.1) is 5.41 Å². The fourth-order valence-corrected chi connectivity index (χ4v) is 1.77. The van der Waals surface area contributed by atoms with E-state index in [1.165, 1.54) is 6.33 Å². The van der Waals surface area contributed by atoms with Gasteiger partial charge in [-0.15, -0.1) is 0 Å². The van der Waals surface area contributed by atoms with Crippen molar-refractivity contribution in [1.82, 2.24) is 19.7 Å². The molecule has 2 aromatic heterocycles. The van der Waals surface area contributed by atoms with Crippen LogP contribution >= 0.6 is 0 Å². The molecule has 0 atom stereocenters. The Balaban J connectivity index is 2.61. The van der Waals surface area contributed by atoms with Gasteiger partial charge in [-0.2, -0.15) is 5.10 Å². The average molecular weight is 219 g/mol. The number of hydrogen-bond donors (Lipinski definition) is 1. The molecule has 86 valence electrons. The summed E-state index contributed by atoms with van der Waals surface area (Å²) in [6.45, 7) is 6.57. The predicted octanol–water partition coefficient (Wildman–Crippen LogP) is 1.53. The van der Waals surface area contributed by atoms with Gasteiger partial charge in [0, 0.05) is 7.05 Å². The van der Waals surface area contributed by atoms with Crippen LogP contribution in [0.2, 0.25) is 0 Å². The van der Waals surface area contributed by atoms with Crippen molar-refractivity contribution in [3.8, 4) is 0 Å². The number of nitrogens with zero attached hydrogens (tertiary/aromatic N) is 4. The van der Waals surface area contributed by atoms with Crippen molar-refractivity contribution >= 4 is 16.9 Å². The number of anilines is 1. The van der Waals surface area contributed by atoms with Crippen LogP contribution in [0.4, 0.5) is 5.82 Å². The maximum Gasteiger partial charge on any atom is 0.155 e. The van der Waals surface area contributed by atoms with E-state index in [9.17, 15) is 0 Å². The average Bonchev–Trinajstić information content (AvgIpc) is 2.44. The van der Waals surface area contributed by atoms with E-state index in [1.807, 2.05) is 11.7 Å². The van der Waals surface area contributed by atoms with Gasteiger partial charge in [0.05, 0.1) is 5.69 Å². The molecule has 5 heteroatoms. The number of nitrogens with two attached hydrogens (primary N) is 1. The molecule has 0 radical (unpaired) electrons. The highest BCUT2D eigenvalue weighted by Gasteiger charge is 2.19. The molecule has 0 amide bonds. The van der Waals surface area contributed by atoms with Gasteiger partial charge in [0.2, 0.25) is 0 Å². The third kappa shape index (κ3) is 1.85. The smallest absolute Gasteiger partial charge is 0.155 e. The molecule has 0 aliphatic rings. The van der Waals surface area contributed by atoms with Crippen molar-refractivity contribution in [3.05, 3.63) is 12.0 Å². The molecule has 2 rings (SSSR count). The summed E-state index contributed by atoms with van der Waals surface area (Å²) in [5.74, 6) is 0.445. The van der Waals surface area contributed by atoms with Crippen LogP contribution in [-0.2, 0) is 13.5 Å². The lowest BCUT2D eigenvalue weighted by atomic mass is 9.90. The van der Waals surface area contributed by atoms with Crippen molar-refractivity contribution in [1.29, 1.82) is 0 Å². The Kier molecular flexibility index (Phi) is 2.33. The van der Waals surface area contributed by atoms with Crippen LogP contribution in [-0.4, -0.2) is 19.7 Å². The number of nitrogen functional groups attached to an aromatic ring is 1. The molecule has 0 bridgehead atoms. The minimum atomic E-state index is 0.195. The summed E-state index contributed by atoms with van der Waals surface area (Å²) in [6, 6.07) is 0. The molecule has 0 saturated heterocycles. The minimum Gasteiger partial charge on any atom is -0.382 e. The van der Waals surface area contributed by atoms with E-state index in [0.717, 1.165) is 17.6 Å². The second-order valence-corrected chi connectivity index (χ2v) is 5.26. The van der Waals surface area contributed by atoms with E-state index in [0.29, 0.717) is 11.3 Å². The normalized spacial score (nSPS) is 12.2. The fraction of sp³-hybridized carbons (Fsp3) is 0.545. The Hall–Kier alpha value is -1.65. The van der Waals surface area contributed by atoms with Gasteiger partial charge < -0.3 is 5.73 Å². The van der Waals surface area contributed by atoms with E-state index >= 15 is 0 Å². The molecule has 5 nitrogen and oxygen atoms in total. The second-order valence-electron chi connectivity index (χ2n) is 5.26. The summed E-state index contributed by atoms with van der Waals surface area (Å²) in [6.07, 6.45) is 2.40. The first-order chi connectivity index (χ1) is 7.38. The number of fused-ring (bicyclic) bond motifs is 1. The van der Waals surface area contributed by atoms with Crippen LogP contribution < -0.4 is 5.73 Å². The number of aromatic nitrogens is 4. The van der Waals surface area contributed by atoms with Crippen LogP contribution in [0.1, 0.15) is 26.5 Å². The Morgan fingerprint density at radius 2 is 1.94 bits per heavy atom. The maximum absolute atomic E-state index is 5.78. The first-order valence-corrected chi connectivity index (χ1v) is 5.30. The molecule has 0 aliphatic carbocycles. The molecule has 16 heavy (non-hydrogen) atoms. The third-order valence-corrected chi connectivity index (χ3v) is 2.46. The zero-order valence-electron chi connectivity index (χ0n) is 10.2. The molecule has 0 saturated carbocycles. The van der Waals surface area contributed by atoms with Gasteiger partial charge in [-0.25, -0.2) is 9.97 Å². The Labute approximate surface area is 94.7 Å². The first kappa shape index (κ1) is 10.9. The summed E-state index contributed by atoms with van der Waals surface area (Å²) in [5, 5.41) is 4.36. The van der Waals surface area contributed by atoms with Gasteiger partial charge in [0.15, 0.2) is 11.3 Å². The van der Waals surface area contributed by atoms with Gasteiger partial charge >= 0.3 is 0 Å². The molecule has 0 unspecified atom stereocenters. The molecule has 0 aliphatic heterocycles.